The molecule has 2 aromatic heterocycles. The van der Waals surface area contributed by atoms with E-state index in [9.17, 15) is 0 Å². The standard InChI is InChI=1S/C14H11Br2NS2/c1-17-13(12-7-9(15)14(16)19-12)11-6-8-4-2-3-5-10(8)18-11/h2-7,13,17H,1H3. The zero-order valence-electron chi connectivity index (χ0n) is 10.1. The quantitative estimate of drug-likeness (QED) is 0.569. The summed E-state index contributed by atoms with van der Waals surface area (Å²) in [5.41, 5.74) is 0. The van der Waals surface area contributed by atoms with Gasteiger partial charge in [-0.3, -0.25) is 0 Å². The number of nitrogens with one attached hydrogen (secondary N) is 1. The van der Waals surface area contributed by atoms with Gasteiger partial charge in [-0.05, 0) is 62.5 Å². The van der Waals surface area contributed by atoms with E-state index in [1.54, 1.807) is 11.3 Å². The predicted molar refractivity (Wildman–Crippen MR) is 92.4 cm³/mol. The van der Waals surface area contributed by atoms with Gasteiger partial charge >= 0.3 is 0 Å². The van der Waals surface area contributed by atoms with Crippen LogP contribution in [0.5, 0.6) is 0 Å². The van der Waals surface area contributed by atoms with Crippen LogP contribution >= 0.6 is 54.5 Å². The highest BCUT2D eigenvalue weighted by Crippen LogP contribution is 2.40. The van der Waals surface area contributed by atoms with Gasteiger partial charge in [0, 0.05) is 18.9 Å². The largest absolute Gasteiger partial charge is 0.308 e. The van der Waals surface area contributed by atoms with Gasteiger partial charge in [0.05, 0.1) is 9.83 Å². The van der Waals surface area contributed by atoms with Crippen LogP contribution < -0.4 is 5.32 Å². The molecule has 1 nitrogen and oxygen atoms in total. The number of thiophene rings is 2. The molecule has 0 aliphatic carbocycles. The molecule has 1 N–H and O–H groups in total. The van der Waals surface area contributed by atoms with Crippen LogP contribution in [0.1, 0.15) is 15.8 Å². The molecule has 3 rings (SSSR count). The molecule has 1 aromatic carbocycles. The molecule has 0 spiro atoms. The predicted octanol–water partition coefficient (Wildman–Crippen LogP) is 5.80. The van der Waals surface area contributed by atoms with Crippen molar-refractivity contribution in [2.45, 2.75) is 6.04 Å². The van der Waals surface area contributed by atoms with Gasteiger partial charge in [0.15, 0.2) is 0 Å². The lowest BCUT2D eigenvalue weighted by Crippen LogP contribution is -2.14. The van der Waals surface area contributed by atoms with Crippen molar-refractivity contribution in [2.75, 3.05) is 7.05 Å². The fourth-order valence-electron chi connectivity index (χ4n) is 2.07. The number of halogens is 2. The van der Waals surface area contributed by atoms with Crippen LogP contribution in [0, 0.1) is 0 Å². The number of hydrogen-bond acceptors (Lipinski definition) is 3. The minimum Gasteiger partial charge on any atom is -0.308 e. The molecule has 0 aliphatic heterocycles. The first kappa shape index (κ1) is 13.8. The number of fused-ring (bicyclic) bond motifs is 1. The zero-order chi connectivity index (χ0) is 13.4. The van der Waals surface area contributed by atoms with Crippen molar-refractivity contribution in [2.24, 2.45) is 0 Å². The van der Waals surface area contributed by atoms with Crippen molar-refractivity contribution in [1.82, 2.24) is 5.32 Å². The highest BCUT2D eigenvalue weighted by Gasteiger charge is 2.18. The molecule has 0 saturated carbocycles. The summed E-state index contributed by atoms with van der Waals surface area (Å²) in [6, 6.07) is 13.2. The normalized spacial score (nSPS) is 13.0. The van der Waals surface area contributed by atoms with Crippen molar-refractivity contribution in [3.63, 3.8) is 0 Å². The van der Waals surface area contributed by atoms with Crippen molar-refractivity contribution in [3.8, 4) is 0 Å². The van der Waals surface area contributed by atoms with Gasteiger partial charge in [0.1, 0.15) is 0 Å². The Morgan fingerprint density at radius 1 is 1.05 bits per heavy atom. The third kappa shape index (κ3) is 2.67. The Morgan fingerprint density at radius 3 is 2.42 bits per heavy atom. The third-order valence-electron chi connectivity index (χ3n) is 2.97. The van der Waals surface area contributed by atoms with E-state index < -0.39 is 0 Å². The Kier molecular flexibility index (Phi) is 4.10. The lowest BCUT2D eigenvalue weighted by molar-refractivity contribution is 0.716. The van der Waals surface area contributed by atoms with Gasteiger partial charge in [0.25, 0.3) is 0 Å². The average Bonchev–Trinajstić information content (AvgIpc) is 2.95. The van der Waals surface area contributed by atoms with Crippen molar-refractivity contribution in [3.05, 3.63) is 54.4 Å². The first-order valence-corrected chi connectivity index (χ1v) is 9.01. The third-order valence-corrected chi connectivity index (χ3v) is 7.47. The second-order valence-electron chi connectivity index (χ2n) is 4.18. The highest BCUT2D eigenvalue weighted by atomic mass is 79.9. The molecule has 1 atom stereocenters. The van der Waals surface area contributed by atoms with Gasteiger partial charge in [-0.25, -0.2) is 0 Å². The van der Waals surface area contributed by atoms with Crippen molar-refractivity contribution >= 4 is 64.6 Å². The average molecular weight is 417 g/mol. The van der Waals surface area contributed by atoms with Crippen LogP contribution in [0.15, 0.2) is 44.7 Å². The van der Waals surface area contributed by atoms with E-state index >= 15 is 0 Å². The lowest BCUT2D eigenvalue weighted by Gasteiger charge is -2.11. The highest BCUT2D eigenvalue weighted by molar-refractivity contribution is 9.13. The Hall–Kier alpha value is -0.200. The Labute approximate surface area is 136 Å². The fraction of sp³-hybridized carbons (Fsp3) is 0.143. The number of hydrogen-bond donors (Lipinski definition) is 1. The maximum Gasteiger partial charge on any atom is 0.0843 e. The van der Waals surface area contributed by atoms with Crippen LogP contribution in [0.3, 0.4) is 0 Å². The molecule has 0 radical (unpaired) electrons. The minimum absolute atomic E-state index is 0.255. The zero-order valence-corrected chi connectivity index (χ0v) is 14.9. The van der Waals surface area contributed by atoms with Gasteiger partial charge in [-0.1, -0.05) is 18.2 Å². The van der Waals surface area contributed by atoms with E-state index in [-0.39, 0.29) is 6.04 Å². The summed E-state index contributed by atoms with van der Waals surface area (Å²) in [7, 11) is 2.01. The Morgan fingerprint density at radius 2 is 1.79 bits per heavy atom. The molecule has 0 fully saturated rings. The van der Waals surface area contributed by atoms with Gasteiger partial charge in [-0.2, -0.15) is 0 Å². The molecule has 98 valence electrons. The summed E-state index contributed by atoms with van der Waals surface area (Å²) >= 11 is 10.7. The maximum atomic E-state index is 3.57. The van der Waals surface area contributed by atoms with E-state index in [0.717, 1.165) is 8.26 Å². The molecule has 2 heterocycles. The van der Waals surface area contributed by atoms with Crippen LogP contribution in [0.4, 0.5) is 0 Å². The summed E-state index contributed by atoms with van der Waals surface area (Å²) in [6.07, 6.45) is 0. The fourth-order valence-corrected chi connectivity index (χ4v) is 5.56. The summed E-state index contributed by atoms with van der Waals surface area (Å²) in [5.74, 6) is 0. The first-order chi connectivity index (χ1) is 9.19. The molecule has 0 amide bonds. The molecule has 0 aliphatic rings. The molecule has 1 unspecified atom stereocenters. The van der Waals surface area contributed by atoms with Crippen LogP contribution in [-0.4, -0.2) is 7.05 Å². The Bertz CT molecular complexity index is 665. The maximum absolute atomic E-state index is 3.57. The van der Waals surface area contributed by atoms with E-state index in [4.69, 9.17) is 0 Å². The summed E-state index contributed by atoms with van der Waals surface area (Å²) in [6.45, 7) is 0. The summed E-state index contributed by atoms with van der Waals surface area (Å²) in [5, 5.41) is 4.73. The van der Waals surface area contributed by atoms with E-state index in [0.29, 0.717) is 0 Å². The van der Waals surface area contributed by atoms with Crippen molar-refractivity contribution in [1.29, 1.82) is 0 Å². The Balaban J connectivity index is 2.06. The molecule has 19 heavy (non-hydrogen) atoms. The smallest absolute Gasteiger partial charge is 0.0843 e. The van der Waals surface area contributed by atoms with E-state index in [1.807, 2.05) is 18.4 Å². The second kappa shape index (κ2) is 5.66. The van der Waals surface area contributed by atoms with Gasteiger partial charge < -0.3 is 5.32 Å². The number of rotatable bonds is 3. The molecule has 5 heteroatoms. The second-order valence-corrected chi connectivity index (χ2v) is 8.55. The molecular formula is C14H11Br2NS2. The van der Waals surface area contributed by atoms with Crippen LogP contribution in [0.2, 0.25) is 0 Å². The van der Waals surface area contributed by atoms with Crippen molar-refractivity contribution < 1.29 is 0 Å². The minimum atomic E-state index is 0.255. The van der Waals surface area contributed by atoms with Crippen LogP contribution in [-0.2, 0) is 0 Å². The van der Waals surface area contributed by atoms with E-state index in [1.165, 1.54) is 19.8 Å². The van der Waals surface area contributed by atoms with Crippen LogP contribution in [0.25, 0.3) is 10.1 Å². The molecular weight excluding hydrogens is 406 g/mol. The van der Waals surface area contributed by atoms with E-state index in [2.05, 4.69) is 73.6 Å². The lowest BCUT2D eigenvalue weighted by atomic mass is 10.2. The summed E-state index contributed by atoms with van der Waals surface area (Å²) in [4.78, 5) is 2.66. The molecule has 0 bridgehead atoms. The molecule has 3 aromatic rings. The topological polar surface area (TPSA) is 12.0 Å². The summed E-state index contributed by atoms with van der Waals surface area (Å²) < 4.78 is 3.60. The SMILES string of the molecule is CNC(c1cc(Br)c(Br)s1)c1cc2ccccc2s1. The first-order valence-electron chi connectivity index (χ1n) is 5.79. The monoisotopic (exact) mass is 415 g/mol. The van der Waals surface area contributed by atoms with Gasteiger partial charge in [-0.15, -0.1) is 22.7 Å². The number of benzene rings is 1. The molecule has 0 saturated heterocycles. The van der Waals surface area contributed by atoms with Gasteiger partial charge in [0.2, 0.25) is 0 Å².